The molecular weight excluding hydrogens is 164 g/mol. The van der Waals surface area contributed by atoms with Crippen molar-refractivity contribution in [3.63, 3.8) is 0 Å². The number of fused-ring (bicyclic) bond motifs is 1. The zero-order chi connectivity index (χ0) is 9.00. The van der Waals surface area contributed by atoms with E-state index in [0.717, 1.165) is 23.7 Å². The third-order valence-corrected chi connectivity index (χ3v) is 4.73. The van der Waals surface area contributed by atoms with Crippen molar-refractivity contribution in [2.24, 2.45) is 29.6 Å². The summed E-state index contributed by atoms with van der Waals surface area (Å²) in [6.45, 7) is 0. The van der Waals surface area contributed by atoms with Crippen molar-refractivity contribution < 1.29 is 9.90 Å². The maximum atomic E-state index is 10.7. The quantitative estimate of drug-likeness (QED) is 0.707. The molecule has 0 unspecified atom stereocenters. The van der Waals surface area contributed by atoms with Crippen LogP contribution in [0.25, 0.3) is 0 Å². The van der Waals surface area contributed by atoms with Crippen molar-refractivity contribution in [2.75, 3.05) is 0 Å². The highest BCUT2D eigenvalue weighted by molar-refractivity contribution is 5.67. The van der Waals surface area contributed by atoms with Crippen molar-refractivity contribution >= 4 is 5.97 Å². The van der Waals surface area contributed by atoms with Crippen LogP contribution >= 0.6 is 0 Å². The van der Waals surface area contributed by atoms with E-state index in [0.29, 0.717) is 12.3 Å². The minimum atomic E-state index is -0.584. The molecule has 0 saturated heterocycles. The fourth-order valence-corrected chi connectivity index (χ4v) is 4.29. The van der Waals surface area contributed by atoms with Gasteiger partial charge in [0, 0.05) is 6.42 Å². The van der Waals surface area contributed by atoms with E-state index in [4.69, 9.17) is 5.11 Å². The molecule has 0 aromatic rings. The average molecular weight is 180 g/mol. The van der Waals surface area contributed by atoms with Crippen molar-refractivity contribution in [1.29, 1.82) is 0 Å². The Balaban J connectivity index is 1.75. The van der Waals surface area contributed by atoms with Crippen LogP contribution in [0.3, 0.4) is 0 Å². The van der Waals surface area contributed by atoms with E-state index >= 15 is 0 Å². The van der Waals surface area contributed by atoms with E-state index < -0.39 is 5.97 Å². The Kier molecular flexibility index (Phi) is 1.50. The van der Waals surface area contributed by atoms with Gasteiger partial charge in [0.05, 0.1) is 0 Å². The number of hydrogen-bond acceptors (Lipinski definition) is 1. The normalized spacial score (nSPS) is 51.5. The first-order valence-corrected chi connectivity index (χ1v) is 5.47. The molecule has 0 spiro atoms. The summed E-state index contributed by atoms with van der Waals surface area (Å²) in [6.07, 6.45) is 5.92. The predicted octanol–water partition coefficient (Wildman–Crippen LogP) is 2.14. The van der Waals surface area contributed by atoms with Crippen LogP contribution in [0, 0.1) is 29.6 Å². The number of carboxylic acid groups (broad SMARTS) is 1. The molecule has 2 nitrogen and oxygen atoms in total. The maximum Gasteiger partial charge on any atom is 0.303 e. The molecule has 3 rings (SSSR count). The van der Waals surface area contributed by atoms with E-state index in [1.807, 2.05) is 0 Å². The van der Waals surface area contributed by atoms with Gasteiger partial charge in [-0.15, -0.1) is 0 Å². The fraction of sp³-hybridized carbons (Fsp3) is 0.909. The highest BCUT2D eigenvalue weighted by Crippen LogP contribution is 2.64. The molecule has 1 N–H and O–H groups in total. The van der Waals surface area contributed by atoms with Gasteiger partial charge >= 0.3 is 5.97 Å². The Morgan fingerprint density at radius 2 is 1.92 bits per heavy atom. The van der Waals surface area contributed by atoms with E-state index in [-0.39, 0.29) is 0 Å². The van der Waals surface area contributed by atoms with Crippen molar-refractivity contribution in [3.05, 3.63) is 0 Å². The van der Waals surface area contributed by atoms with Gasteiger partial charge in [0.25, 0.3) is 0 Å². The van der Waals surface area contributed by atoms with Gasteiger partial charge in [0.2, 0.25) is 0 Å². The lowest BCUT2D eigenvalue weighted by Gasteiger charge is -2.49. The van der Waals surface area contributed by atoms with Crippen LogP contribution in [-0.2, 0) is 4.79 Å². The van der Waals surface area contributed by atoms with Crippen LogP contribution in [0.4, 0.5) is 0 Å². The molecule has 0 heterocycles. The van der Waals surface area contributed by atoms with Gasteiger partial charge in [-0.2, -0.15) is 0 Å². The zero-order valence-corrected chi connectivity index (χ0v) is 7.78. The molecule has 13 heavy (non-hydrogen) atoms. The first-order chi connectivity index (χ1) is 6.25. The van der Waals surface area contributed by atoms with E-state index in [1.54, 1.807) is 0 Å². The lowest BCUT2D eigenvalue weighted by molar-refractivity contribution is -0.142. The molecule has 2 bridgehead atoms. The molecule has 0 aromatic carbocycles. The second-order valence-corrected chi connectivity index (χ2v) is 5.17. The summed E-state index contributed by atoms with van der Waals surface area (Å²) >= 11 is 0. The summed E-state index contributed by atoms with van der Waals surface area (Å²) in [6, 6.07) is 0. The molecule has 72 valence electrons. The second kappa shape index (κ2) is 2.49. The predicted molar refractivity (Wildman–Crippen MR) is 48.2 cm³/mol. The summed E-state index contributed by atoms with van der Waals surface area (Å²) < 4.78 is 0. The third kappa shape index (κ3) is 0.976. The third-order valence-electron chi connectivity index (χ3n) is 4.73. The van der Waals surface area contributed by atoms with Crippen molar-refractivity contribution in [2.45, 2.75) is 32.1 Å². The first-order valence-electron chi connectivity index (χ1n) is 5.47. The van der Waals surface area contributed by atoms with Gasteiger partial charge in [-0.1, -0.05) is 6.42 Å². The van der Waals surface area contributed by atoms with Crippen molar-refractivity contribution in [3.8, 4) is 0 Å². The minimum Gasteiger partial charge on any atom is -0.481 e. The molecule has 3 saturated carbocycles. The van der Waals surface area contributed by atoms with Crippen LogP contribution < -0.4 is 0 Å². The topological polar surface area (TPSA) is 37.3 Å². The van der Waals surface area contributed by atoms with Crippen LogP contribution in [0.5, 0.6) is 0 Å². The van der Waals surface area contributed by atoms with Crippen LogP contribution in [0.2, 0.25) is 0 Å². The number of carbonyl (C=O) groups is 1. The number of hydrogen-bond donors (Lipinski definition) is 1. The summed E-state index contributed by atoms with van der Waals surface area (Å²) in [5.41, 5.74) is 0. The van der Waals surface area contributed by atoms with Crippen LogP contribution in [0.15, 0.2) is 0 Å². The van der Waals surface area contributed by atoms with Gasteiger partial charge in [0.1, 0.15) is 0 Å². The maximum absolute atomic E-state index is 10.7. The van der Waals surface area contributed by atoms with E-state index in [1.165, 1.54) is 25.7 Å². The highest BCUT2D eigenvalue weighted by atomic mass is 16.4. The van der Waals surface area contributed by atoms with E-state index in [2.05, 4.69) is 0 Å². The highest BCUT2D eigenvalue weighted by Gasteiger charge is 2.57. The van der Waals surface area contributed by atoms with Gasteiger partial charge in [-0.25, -0.2) is 0 Å². The SMILES string of the molecule is O=C(O)C[C@H]1[C@H]2CC[C@@H]3C[C@H]2[C@H]1C3. The molecule has 0 radical (unpaired) electrons. The smallest absolute Gasteiger partial charge is 0.303 e. The Morgan fingerprint density at radius 1 is 1.15 bits per heavy atom. The fourth-order valence-electron chi connectivity index (χ4n) is 4.29. The van der Waals surface area contributed by atoms with Crippen LogP contribution in [0.1, 0.15) is 32.1 Å². The minimum absolute atomic E-state index is 0.443. The van der Waals surface area contributed by atoms with Gasteiger partial charge in [0.15, 0.2) is 0 Å². The number of rotatable bonds is 2. The Labute approximate surface area is 78.3 Å². The molecule has 2 heteroatoms. The average Bonchev–Trinajstić information content (AvgIpc) is 2.26. The second-order valence-electron chi connectivity index (χ2n) is 5.17. The summed E-state index contributed by atoms with van der Waals surface area (Å²) in [4.78, 5) is 10.7. The number of carboxylic acids is 1. The van der Waals surface area contributed by atoms with Crippen molar-refractivity contribution in [1.82, 2.24) is 0 Å². The molecule has 3 aliphatic carbocycles. The first kappa shape index (κ1) is 7.84. The lowest BCUT2D eigenvalue weighted by atomic mass is 9.55. The van der Waals surface area contributed by atoms with E-state index in [9.17, 15) is 4.79 Å². The molecule has 5 atom stereocenters. The molecule has 0 amide bonds. The Morgan fingerprint density at radius 3 is 2.69 bits per heavy atom. The standard InChI is InChI=1S/C11H16O2/c12-11(13)5-10-7-2-1-6-3-8(7)9(10)4-6/h6-10H,1-5H2,(H,12,13)/t6-,7+,8-,9-,10+/m1/s1. The van der Waals surface area contributed by atoms with Gasteiger partial charge in [-0.05, 0) is 48.9 Å². The largest absolute Gasteiger partial charge is 0.481 e. The molecule has 3 aliphatic rings. The Bertz CT molecular complexity index is 242. The summed E-state index contributed by atoms with van der Waals surface area (Å²) in [5, 5.41) is 8.80. The van der Waals surface area contributed by atoms with Crippen LogP contribution in [-0.4, -0.2) is 11.1 Å². The molecular formula is C11H16O2. The van der Waals surface area contributed by atoms with Gasteiger partial charge < -0.3 is 5.11 Å². The Hall–Kier alpha value is -0.530. The number of aliphatic carboxylic acids is 1. The molecule has 3 fully saturated rings. The van der Waals surface area contributed by atoms with Gasteiger partial charge in [-0.3, -0.25) is 4.79 Å². The summed E-state index contributed by atoms with van der Waals surface area (Å²) in [5.74, 6) is 3.45. The summed E-state index contributed by atoms with van der Waals surface area (Å²) in [7, 11) is 0. The molecule has 0 aromatic heterocycles. The monoisotopic (exact) mass is 180 g/mol. The molecule has 0 aliphatic heterocycles. The zero-order valence-electron chi connectivity index (χ0n) is 7.78. The lowest BCUT2D eigenvalue weighted by Crippen LogP contribution is -2.44.